The highest BCUT2D eigenvalue weighted by Crippen LogP contribution is 2.17. The quantitative estimate of drug-likeness (QED) is 0.696. The van der Waals surface area contributed by atoms with E-state index in [0.717, 1.165) is 23.1 Å². The van der Waals surface area contributed by atoms with Crippen molar-refractivity contribution in [3.63, 3.8) is 0 Å². The molecule has 0 spiro atoms. The molecule has 14 heavy (non-hydrogen) atoms. The first-order valence-electron chi connectivity index (χ1n) is 5.04. The molecule has 0 aliphatic heterocycles. The van der Waals surface area contributed by atoms with Gasteiger partial charge in [-0.2, -0.15) is 5.26 Å². The largest absolute Gasteiger partial charge is 0.192 e. The Balaban J connectivity index is 3.09. The van der Waals surface area contributed by atoms with Gasteiger partial charge in [-0.15, -0.1) is 0 Å². The molecule has 74 valence electrons. The monoisotopic (exact) mass is 187 g/mol. The average Bonchev–Trinajstić information content (AvgIpc) is 2.01. The Labute approximate surface area is 86.4 Å². The van der Waals surface area contributed by atoms with Gasteiger partial charge < -0.3 is 0 Å². The third-order valence-corrected chi connectivity index (χ3v) is 2.35. The molecular formula is C13H17N. The van der Waals surface area contributed by atoms with E-state index in [4.69, 9.17) is 5.26 Å². The summed E-state index contributed by atoms with van der Waals surface area (Å²) in [4.78, 5) is 0. The highest BCUT2D eigenvalue weighted by atomic mass is 14.2. The van der Waals surface area contributed by atoms with Crippen LogP contribution in [0.1, 0.15) is 36.1 Å². The summed E-state index contributed by atoms with van der Waals surface area (Å²) >= 11 is 0. The van der Waals surface area contributed by atoms with Crippen LogP contribution in [0, 0.1) is 31.1 Å². The lowest BCUT2D eigenvalue weighted by atomic mass is 9.95. The highest BCUT2D eigenvalue weighted by molar-refractivity contribution is 5.45. The zero-order valence-corrected chi connectivity index (χ0v) is 9.39. The molecule has 1 heteroatoms. The first kappa shape index (κ1) is 10.8. The molecule has 0 heterocycles. The Morgan fingerprint density at radius 2 is 1.71 bits per heavy atom. The minimum absolute atomic E-state index is 0.668. The van der Waals surface area contributed by atoms with Crippen LogP contribution < -0.4 is 0 Å². The fourth-order valence-corrected chi connectivity index (χ4v) is 1.82. The van der Waals surface area contributed by atoms with E-state index in [1.807, 2.05) is 13.8 Å². The van der Waals surface area contributed by atoms with Gasteiger partial charge in [-0.05, 0) is 42.9 Å². The van der Waals surface area contributed by atoms with Gasteiger partial charge in [-0.25, -0.2) is 0 Å². The zero-order chi connectivity index (χ0) is 10.7. The van der Waals surface area contributed by atoms with Gasteiger partial charge in [0, 0.05) is 0 Å². The van der Waals surface area contributed by atoms with E-state index in [-0.39, 0.29) is 0 Å². The molecule has 1 rings (SSSR count). The van der Waals surface area contributed by atoms with E-state index in [0.29, 0.717) is 5.92 Å². The SMILES string of the molecule is Cc1cc(CC(C)C)cc(C)c1C#N. The third kappa shape index (κ3) is 2.35. The summed E-state index contributed by atoms with van der Waals surface area (Å²) < 4.78 is 0. The van der Waals surface area contributed by atoms with Crippen LogP contribution in [0.5, 0.6) is 0 Å². The minimum atomic E-state index is 0.668. The third-order valence-electron chi connectivity index (χ3n) is 2.35. The number of nitrogens with zero attached hydrogens (tertiary/aromatic N) is 1. The van der Waals surface area contributed by atoms with Crippen molar-refractivity contribution in [2.24, 2.45) is 5.92 Å². The van der Waals surface area contributed by atoms with Crippen LogP contribution in [0.4, 0.5) is 0 Å². The summed E-state index contributed by atoms with van der Waals surface area (Å²) in [7, 11) is 0. The molecule has 0 atom stereocenters. The fraction of sp³-hybridized carbons (Fsp3) is 0.462. The van der Waals surface area contributed by atoms with Crippen LogP contribution in [-0.2, 0) is 6.42 Å². The molecule has 0 aliphatic rings. The lowest BCUT2D eigenvalue weighted by Gasteiger charge is -2.09. The van der Waals surface area contributed by atoms with Gasteiger partial charge in [0.05, 0.1) is 11.6 Å². The molecule has 0 aliphatic carbocycles. The van der Waals surface area contributed by atoms with Crippen molar-refractivity contribution in [2.45, 2.75) is 34.1 Å². The van der Waals surface area contributed by atoms with E-state index in [1.54, 1.807) is 0 Å². The Hall–Kier alpha value is -1.29. The van der Waals surface area contributed by atoms with Gasteiger partial charge in [0.2, 0.25) is 0 Å². The molecule has 0 aromatic heterocycles. The molecule has 0 unspecified atom stereocenters. The maximum absolute atomic E-state index is 8.92. The molecule has 0 saturated heterocycles. The lowest BCUT2D eigenvalue weighted by Crippen LogP contribution is -1.97. The van der Waals surface area contributed by atoms with Crippen LogP contribution in [0.3, 0.4) is 0 Å². The van der Waals surface area contributed by atoms with Gasteiger partial charge in [-0.3, -0.25) is 0 Å². The van der Waals surface area contributed by atoms with Crippen molar-refractivity contribution in [1.82, 2.24) is 0 Å². The van der Waals surface area contributed by atoms with E-state index < -0.39 is 0 Å². The Morgan fingerprint density at radius 1 is 1.21 bits per heavy atom. The maximum atomic E-state index is 8.92. The first-order valence-corrected chi connectivity index (χ1v) is 5.04. The van der Waals surface area contributed by atoms with E-state index >= 15 is 0 Å². The minimum Gasteiger partial charge on any atom is -0.192 e. The average molecular weight is 187 g/mol. The molecular weight excluding hydrogens is 170 g/mol. The number of hydrogen-bond donors (Lipinski definition) is 0. The van der Waals surface area contributed by atoms with Crippen LogP contribution >= 0.6 is 0 Å². The Bertz CT molecular complexity index is 346. The van der Waals surface area contributed by atoms with Crippen molar-refractivity contribution >= 4 is 0 Å². The number of aryl methyl sites for hydroxylation is 2. The van der Waals surface area contributed by atoms with Crippen LogP contribution in [0.2, 0.25) is 0 Å². The predicted octanol–water partition coefficient (Wildman–Crippen LogP) is 3.37. The first-order chi connectivity index (χ1) is 6.54. The topological polar surface area (TPSA) is 23.8 Å². The molecule has 0 saturated carbocycles. The van der Waals surface area contributed by atoms with Crippen LogP contribution in [0.15, 0.2) is 12.1 Å². The molecule has 1 aromatic carbocycles. The maximum Gasteiger partial charge on any atom is 0.0997 e. The molecule has 1 aromatic rings. The van der Waals surface area contributed by atoms with Gasteiger partial charge >= 0.3 is 0 Å². The summed E-state index contributed by atoms with van der Waals surface area (Å²) in [6, 6.07) is 6.51. The van der Waals surface area contributed by atoms with Crippen LogP contribution in [0.25, 0.3) is 0 Å². The van der Waals surface area contributed by atoms with Crippen molar-refractivity contribution in [1.29, 1.82) is 5.26 Å². The summed E-state index contributed by atoms with van der Waals surface area (Å²) in [5.74, 6) is 0.668. The van der Waals surface area contributed by atoms with Crippen molar-refractivity contribution in [3.8, 4) is 6.07 Å². The van der Waals surface area contributed by atoms with Gasteiger partial charge in [0.25, 0.3) is 0 Å². The summed E-state index contributed by atoms with van der Waals surface area (Å²) in [6.45, 7) is 8.44. The fourth-order valence-electron chi connectivity index (χ4n) is 1.82. The molecule has 0 bridgehead atoms. The number of benzene rings is 1. The second-order valence-electron chi connectivity index (χ2n) is 4.31. The lowest BCUT2D eigenvalue weighted by molar-refractivity contribution is 0.646. The van der Waals surface area contributed by atoms with E-state index in [1.165, 1.54) is 5.56 Å². The van der Waals surface area contributed by atoms with E-state index in [9.17, 15) is 0 Å². The normalized spacial score (nSPS) is 10.3. The second kappa shape index (κ2) is 4.28. The number of rotatable bonds is 2. The van der Waals surface area contributed by atoms with Crippen LogP contribution in [-0.4, -0.2) is 0 Å². The zero-order valence-electron chi connectivity index (χ0n) is 9.39. The van der Waals surface area contributed by atoms with Gasteiger partial charge in [-0.1, -0.05) is 26.0 Å². The van der Waals surface area contributed by atoms with Gasteiger partial charge in [0.1, 0.15) is 0 Å². The number of hydrogen-bond acceptors (Lipinski definition) is 1. The van der Waals surface area contributed by atoms with Gasteiger partial charge in [0.15, 0.2) is 0 Å². The van der Waals surface area contributed by atoms with Crippen molar-refractivity contribution in [2.75, 3.05) is 0 Å². The Morgan fingerprint density at radius 3 is 2.07 bits per heavy atom. The molecule has 1 nitrogen and oxygen atoms in total. The Kier molecular flexibility index (Phi) is 3.30. The van der Waals surface area contributed by atoms with Crippen molar-refractivity contribution < 1.29 is 0 Å². The highest BCUT2D eigenvalue weighted by Gasteiger charge is 2.05. The molecule has 0 fully saturated rings. The second-order valence-corrected chi connectivity index (χ2v) is 4.31. The summed E-state index contributed by atoms with van der Waals surface area (Å²) in [5.41, 5.74) is 4.37. The molecule has 0 N–H and O–H groups in total. The standard InChI is InChI=1S/C13H17N/c1-9(2)5-12-6-10(3)13(8-14)11(4)7-12/h6-7,9H,5H2,1-4H3. The molecule has 0 radical (unpaired) electrons. The predicted molar refractivity (Wildman–Crippen MR) is 59.2 cm³/mol. The number of nitriles is 1. The van der Waals surface area contributed by atoms with Crippen molar-refractivity contribution in [3.05, 3.63) is 34.4 Å². The molecule has 0 amide bonds. The smallest absolute Gasteiger partial charge is 0.0997 e. The summed E-state index contributed by atoms with van der Waals surface area (Å²) in [6.07, 6.45) is 1.09. The van der Waals surface area contributed by atoms with E-state index in [2.05, 4.69) is 32.0 Å². The summed E-state index contributed by atoms with van der Waals surface area (Å²) in [5, 5.41) is 8.92.